The average Bonchev–Trinajstić information content (AvgIpc) is 2.80. The molecule has 0 aliphatic carbocycles. The largest absolute Gasteiger partial charge is 0.493 e. The van der Waals surface area contributed by atoms with Crippen molar-refractivity contribution in [3.8, 4) is 11.5 Å². The van der Waals surface area contributed by atoms with Crippen molar-refractivity contribution in [3.63, 3.8) is 0 Å². The van der Waals surface area contributed by atoms with Crippen LogP contribution in [0, 0.1) is 5.92 Å². The Bertz CT molecular complexity index is 748. The van der Waals surface area contributed by atoms with Gasteiger partial charge in [-0.25, -0.2) is 0 Å². The number of hydrogen-bond acceptors (Lipinski definition) is 6. The second-order valence-electron chi connectivity index (χ2n) is 8.87. The molecule has 4 atom stereocenters. The third-order valence-electron chi connectivity index (χ3n) is 5.89. The number of aliphatic hydroxyl groups is 1. The third kappa shape index (κ3) is 12.5. The van der Waals surface area contributed by atoms with Crippen molar-refractivity contribution in [1.29, 1.82) is 0 Å². The van der Waals surface area contributed by atoms with Crippen molar-refractivity contribution in [2.75, 3.05) is 27.4 Å². The minimum Gasteiger partial charge on any atom is -0.493 e. The number of hydrogen-bond donors (Lipinski definition) is 3. The highest BCUT2D eigenvalue weighted by molar-refractivity contribution is 5.76. The molecule has 1 amide bonds. The Balaban J connectivity index is 2.63. The monoisotopic (exact) mass is 506 g/mol. The smallest absolute Gasteiger partial charge is 0.389 e. The zero-order valence-corrected chi connectivity index (χ0v) is 21.2. The van der Waals surface area contributed by atoms with Crippen LogP contribution >= 0.6 is 0 Å². The lowest BCUT2D eigenvalue weighted by Gasteiger charge is -2.28. The molecule has 10 heteroatoms. The number of benzene rings is 1. The van der Waals surface area contributed by atoms with Crippen molar-refractivity contribution in [1.82, 2.24) is 5.32 Å². The van der Waals surface area contributed by atoms with E-state index >= 15 is 0 Å². The van der Waals surface area contributed by atoms with Crippen LogP contribution in [0.25, 0.3) is 0 Å². The Morgan fingerprint density at radius 3 is 2.49 bits per heavy atom. The second-order valence-corrected chi connectivity index (χ2v) is 8.87. The fraction of sp³-hybridized carbons (Fsp3) is 0.720. The Hall–Kier alpha value is -2.04. The molecule has 0 aromatic heterocycles. The number of alkyl halides is 3. The molecule has 0 bridgehead atoms. The predicted molar refractivity (Wildman–Crippen MR) is 129 cm³/mol. The zero-order valence-electron chi connectivity index (χ0n) is 21.2. The number of ether oxygens (including phenoxy) is 3. The topological polar surface area (TPSA) is 103 Å². The van der Waals surface area contributed by atoms with Gasteiger partial charge >= 0.3 is 6.18 Å². The Kier molecular flexibility index (Phi) is 14.0. The van der Waals surface area contributed by atoms with Gasteiger partial charge in [0.1, 0.15) is 0 Å². The predicted octanol–water partition coefficient (Wildman–Crippen LogP) is 3.99. The average molecular weight is 507 g/mol. The summed E-state index contributed by atoms with van der Waals surface area (Å²) in [6.45, 7) is 4.75. The summed E-state index contributed by atoms with van der Waals surface area (Å²) in [6.07, 6.45) is -4.05. The maximum absolute atomic E-state index is 12.3. The molecule has 4 N–H and O–H groups in total. The van der Waals surface area contributed by atoms with Gasteiger partial charge in [-0.1, -0.05) is 19.4 Å². The Labute approximate surface area is 206 Å². The molecule has 0 saturated heterocycles. The summed E-state index contributed by atoms with van der Waals surface area (Å²) < 4.78 is 53.0. The molecule has 1 aromatic rings. The van der Waals surface area contributed by atoms with E-state index in [1.165, 1.54) is 0 Å². The SMILES string of the molecule is CC[C@@H](Cc1ccc(OC)c(OCCCOC)c1)C[C@H](N)[C@H](O)C(C)NC(=O)CCCC(F)(F)F. The number of carbonyl (C=O) groups is 1. The Morgan fingerprint density at radius 2 is 1.89 bits per heavy atom. The number of carbonyl (C=O) groups excluding carboxylic acids is 1. The highest BCUT2D eigenvalue weighted by Crippen LogP contribution is 2.30. The van der Waals surface area contributed by atoms with Gasteiger partial charge < -0.3 is 30.4 Å². The first-order valence-electron chi connectivity index (χ1n) is 12.1. The molecule has 35 heavy (non-hydrogen) atoms. The van der Waals surface area contributed by atoms with E-state index in [9.17, 15) is 23.1 Å². The first-order chi connectivity index (χ1) is 16.5. The number of aliphatic hydroxyl groups excluding tert-OH is 1. The van der Waals surface area contributed by atoms with Crippen LogP contribution in [0.1, 0.15) is 57.9 Å². The van der Waals surface area contributed by atoms with Gasteiger partial charge in [0, 0.05) is 39.0 Å². The molecule has 1 aromatic carbocycles. The Morgan fingerprint density at radius 1 is 1.17 bits per heavy atom. The van der Waals surface area contributed by atoms with E-state index in [0.29, 0.717) is 37.6 Å². The first kappa shape index (κ1) is 31.0. The van der Waals surface area contributed by atoms with E-state index < -0.39 is 36.7 Å². The fourth-order valence-corrected chi connectivity index (χ4v) is 3.83. The summed E-state index contributed by atoms with van der Waals surface area (Å²) in [6, 6.07) is 4.50. The number of nitrogens with one attached hydrogen (secondary N) is 1. The number of nitrogens with two attached hydrogens (primary N) is 1. The minimum atomic E-state index is -4.29. The number of amides is 1. The molecule has 0 fully saturated rings. The summed E-state index contributed by atoms with van der Waals surface area (Å²) in [5.41, 5.74) is 7.29. The van der Waals surface area contributed by atoms with Gasteiger partial charge in [0.05, 0.1) is 25.9 Å². The van der Waals surface area contributed by atoms with Crippen LogP contribution < -0.4 is 20.5 Å². The molecular weight excluding hydrogens is 465 g/mol. The summed E-state index contributed by atoms with van der Waals surface area (Å²) in [5, 5.41) is 13.1. The highest BCUT2D eigenvalue weighted by atomic mass is 19.4. The maximum atomic E-state index is 12.3. The molecule has 1 unspecified atom stereocenters. The molecule has 7 nitrogen and oxygen atoms in total. The van der Waals surface area contributed by atoms with Crippen LogP contribution in [0.15, 0.2) is 18.2 Å². The minimum absolute atomic E-state index is 0.170. The molecule has 0 radical (unpaired) electrons. The molecule has 0 heterocycles. The fourth-order valence-electron chi connectivity index (χ4n) is 3.83. The summed E-state index contributed by atoms with van der Waals surface area (Å²) in [7, 11) is 3.23. The molecule has 1 rings (SSSR count). The molecule has 0 saturated carbocycles. The van der Waals surface area contributed by atoms with Crippen molar-refractivity contribution >= 4 is 5.91 Å². The summed E-state index contributed by atoms with van der Waals surface area (Å²) in [5.74, 6) is 0.939. The zero-order chi connectivity index (χ0) is 26.4. The molecule has 202 valence electrons. The van der Waals surface area contributed by atoms with E-state index in [-0.39, 0.29) is 18.8 Å². The standard InChI is InChI=1S/C25H41F3N2O5/c1-5-18(14-19-9-10-21(34-4)22(16-19)35-13-7-12-33-3)15-20(29)24(32)17(2)30-23(31)8-6-11-25(26,27)28/h9-10,16-18,20,24,32H,5-8,11-15,29H2,1-4H3,(H,30,31)/t17?,18-,20-,24+/m0/s1. The van der Waals surface area contributed by atoms with Gasteiger partial charge in [-0.3, -0.25) is 4.79 Å². The first-order valence-corrected chi connectivity index (χ1v) is 12.1. The van der Waals surface area contributed by atoms with Gasteiger partial charge in [0.25, 0.3) is 0 Å². The van der Waals surface area contributed by atoms with Gasteiger partial charge in [0.2, 0.25) is 5.91 Å². The van der Waals surface area contributed by atoms with Crippen molar-refractivity contribution in [3.05, 3.63) is 23.8 Å². The quantitative estimate of drug-likeness (QED) is 0.276. The van der Waals surface area contributed by atoms with E-state index in [0.717, 1.165) is 18.4 Å². The van der Waals surface area contributed by atoms with Gasteiger partial charge in [-0.2, -0.15) is 13.2 Å². The van der Waals surface area contributed by atoms with Gasteiger partial charge in [-0.15, -0.1) is 0 Å². The lowest BCUT2D eigenvalue weighted by atomic mass is 9.87. The lowest BCUT2D eigenvalue weighted by Crippen LogP contribution is -2.50. The van der Waals surface area contributed by atoms with Gasteiger partial charge in [-0.05, 0) is 49.8 Å². The lowest BCUT2D eigenvalue weighted by molar-refractivity contribution is -0.137. The normalized spacial score (nSPS) is 15.2. The van der Waals surface area contributed by atoms with E-state index in [4.69, 9.17) is 19.9 Å². The van der Waals surface area contributed by atoms with E-state index in [1.54, 1.807) is 21.1 Å². The molecular formula is C25H41F3N2O5. The summed E-state index contributed by atoms with van der Waals surface area (Å²) in [4.78, 5) is 11.9. The van der Waals surface area contributed by atoms with Crippen LogP contribution in [-0.4, -0.2) is 62.8 Å². The number of methoxy groups -OCH3 is 2. The maximum Gasteiger partial charge on any atom is 0.389 e. The molecule has 0 spiro atoms. The van der Waals surface area contributed by atoms with Gasteiger partial charge in [0.15, 0.2) is 11.5 Å². The third-order valence-corrected chi connectivity index (χ3v) is 5.89. The summed E-state index contributed by atoms with van der Waals surface area (Å²) >= 11 is 0. The van der Waals surface area contributed by atoms with Crippen LogP contribution in [0.3, 0.4) is 0 Å². The van der Waals surface area contributed by atoms with Crippen molar-refractivity contribution < 1.29 is 37.3 Å². The van der Waals surface area contributed by atoms with Crippen LogP contribution in [-0.2, 0) is 16.0 Å². The van der Waals surface area contributed by atoms with Crippen molar-refractivity contribution in [2.24, 2.45) is 11.7 Å². The molecule has 0 aliphatic rings. The van der Waals surface area contributed by atoms with Crippen LogP contribution in [0.2, 0.25) is 0 Å². The highest BCUT2D eigenvalue weighted by Gasteiger charge is 2.28. The van der Waals surface area contributed by atoms with E-state index in [2.05, 4.69) is 5.32 Å². The van der Waals surface area contributed by atoms with Crippen molar-refractivity contribution in [2.45, 2.75) is 83.2 Å². The number of halogens is 3. The van der Waals surface area contributed by atoms with Crippen LogP contribution in [0.5, 0.6) is 11.5 Å². The number of rotatable bonds is 17. The second kappa shape index (κ2) is 15.9. The molecule has 0 aliphatic heterocycles. The van der Waals surface area contributed by atoms with E-state index in [1.807, 2.05) is 25.1 Å². The van der Waals surface area contributed by atoms with Crippen LogP contribution in [0.4, 0.5) is 13.2 Å².